The van der Waals surface area contributed by atoms with Crippen LogP contribution in [0.25, 0.3) is 0 Å². The predicted molar refractivity (Wildman–Crippen MR) is 412 cm³/mol. The third kappa shape index (κ3) is 41.6. The van der Waals surface area contributed by atoms with Gasteiger partial charge in [-0.15, -0.1) is 0 Å². The van der Waals surface area contributed by atoms with Crippen molar-refractivity contribution in [2.45, 2.75) is 366 Å². The first-order valence-corrected chi connectivity index (χ1v) is 49.9. The maximum atomic E-state index is 13.2. The summed E-state index contributed by atoms with van der Waals surface area (Å²) in [4.78, 5) is 65.4. The standard InChI is InChI=1S/C51H108N4O5Si3.C12H24N4O2.C11H24O2Si/c1-17-18-19-25-36-54(37-26-20-31-42-58-61(11,12)49(2,3)4)40-29-23-34-45-47(56)53-46(48(57)52-45)35-24-30-41-55(38-27-21-32-43-59-62(13,14)50(5,6)7)39-28-22-33-44-60-63(15,16)51(8,9)10;13-7-3-1-5-9-11(17)16-10(12(18)15-9)6-2-4-8-14;1-11(2,3)14(4,5)13-10-8-6-7-9-12/h45-46H,17-44H2,1-16H3,(H,52,57)(H,53,56);9-10H,1-8,13-14H2,(H,15,18)(H,16,17);9H,6-8,10H2,1-5H3. The minimum atomic E-state index is -1.70. The van der Waals surface area contributed by atoms with Gasteiger partial charge < -0.3 is 65.0 Å². The van der Waals surface area contributed by atoms with Crippen LogP contribution < -0.4 is 32.7 Å². The Labute approximate surface area is 589 Å². The molecular formula is C74H156N8O9Si4. The molecule has 562 valence electrons. The van der Waals surface area contributed by atoms with Gasteiger partial charge in [0.25, 0.3) is 0 Å². The average Bonchev–Trinajstić information content (AvgIpc) is 0.934. The van der Waals surface area contributed by atoms with E-state index in [4.69, 9.17) is 29.2 Å². The minimum Gasteiger partial charge on any atom is -0.417 e. The number of rotatable bonds is 50. The van der Waals surface area contributed by atoms with Crippen LogP contribution in [0.3, 0.4) is 0 Å². The van der Waals surface area contributed by atoms with Gasteiger partial charge in [0, 0.05) is 32.8 Å². The van der Waals surface area contributed by atoms with Crippen molar-refractivity contribution < 1.29 is 41.7 Å². The molecule has 0 radical (unpaired) electrons. The van der Waals surface area contributed by atoms with E-state index in [0.29, 0.717) is 45.2 Å². The van der Waals surface area contributed by atoms with Crippen molar-refractivity contribution in [1.82, 2.24) is 31.1 Å². The van der Waals surface area contributed by atoms with Crippen molar-refractivity contribution >= 4 is 63.2 Å². The second kappa shape index (κ2) is 48.8. The zero-order chi connectivity index (χ0) is 72.4. The van der Waals surface area contributed by atoms with Crippen molar-refractivity contribution in [3.05, 3.63) is 0 Å². The first-order chi connectivity index (χ1) is 44.2. The van der Waals surface area contributed by atoms with E-state index in [-0.39, 0.29) is 43.8 Å². The van der Waals surface area contributed by atoms with E-state index in [9.17, 15) is 24.0 Å². The summed E-state index contributed by atoms with van der Waals surface area (Å²) in [5.41, 5.74) is 10.8. The van der Waals surface area contributed by atoms with Crippen molar-refractivity contribution in [3.8, 4) is 0 Å². The molecular weight excluding hydrogens is 1260 g/mol. The Balaban J connectivity index is 0.00000222. The molecule has 0 aromatic heterocycles. The maximum Gasteiger partial charge on any atom is 0.243 e. The highest BCUT2D eigenvalue weighted by Gasteiger charge is 2.40. The quantitative estimate of drug-likeness (QED) is 0.0189. The Bertz CT molecular complexity index is 1980. The van der Waals surface area contributed by atoms with Crippen LogP contribution in [0.2, 0.25) is 72.5 Å². The smallest absolute Gasteiger partial charge is 0.243 e. The van der Waals surface area contributed by atoms with E-state index in [2.05, 4.69) is 173 Å². The van der Waals surface area contributed by atoms with Gasteiger partial charge >= 0.3 is 0 Å². The molecule has 4 unspecified atom stereocenters. The van der Waals surface area contributed by atoms with Gasteiger partial charge in [-0.25, -0.2) is 0 Å². The van der Waals surface area contributed by atoms with Crippen LogP contribution in [-0.2, 0) is 41.7 Å². The molecule has 2 heterocycles. The van der Waals surface area contributed by atoms with Gasteiger partial charge in [-0.05, 0) is 279 Å². The third-order valence-electron chi connectivity index (χ3n) is 21.3. The zero-order valence-corrected chi connectivity index (χ0v) is 69.9. The maximum absolute atomic E-state index is 13.2. The summed E-state index contributed by atoms with van der Waals surface area (Å²) < 4.78 is 25.3. The van der Waals surface area contributed by atoms with E-state index >= 15 is 0 Å². The molecule has 0 saturated carbocycles. The molecule has 8 N–H and O–H groups in total. The molecule has 0 aromatic carbocycles. The number of nitrogens with two attached hydrogens (primary N) is 2. The third-order valence-corrected chi connectivity index (χ3v) is 39.5. The molecule has 21 heteroatoms. The van der Waals surface area contributed by atoms with Crippen LogP contribution in [-0.4, -0.2) is 176 Å². The van der Waals surface area contributed by atoms with Crippen LogP contribution in [0.5, 0.6) is 0 Å². The molecule has 4 amide bonds. The molecule has 0 spiro atoms. The lowest BCUT2D eigenvalue weighted by atomic mass is 10.0. The summed E-state index contributed by atoms with van der Waals surface area (Å²) in [6, 6.07) is -1.62. The summed E-state index contributed by atoms with van der Waals surface area (Å²) >= 11 is 0. The fourth-order valence-electron chi connectivity index (χ4n) is 10.3. The fourth-order valence-corrected chi connectivity index (χ4v) is 14.6. The van der Waals surface area contributed by atoms with Crippen molar-refractivity contribution in [2.24, 2.45) is 11.5 Å². The highest BCUT2D eigenvalue weighted by molar-refractivity contribution is 6.75. The topological polar surface area (TPSA) is 229 Å². The number of amides is 4. The number of carbonyl (C=O) groups is 5. The van der Waals surface area contributed by atoms with Gasteiger partial charge in [0.05, 0.1) is 0 Å². The molecule has 2 saturated heterocycles. The average molecular weight is 1410 g/mol. The van der Waals surface area contributed by atoms with Crippen molar-refractivity contribution in [3.63, 3.8) is 0 Å². The number of hydrogen-bond acceptors (Lipinski definition) is 13. The summed E-state index contributed by atoms with van der Waals surface area (Å²) in [5.74, 6) is -0.173. The van der Waals surface area contributed by atoms with Gasteiger partial charge in [-0.3, -0.25) is 19.2 Å². The van der Waals surface area contributed by atoms with E-state index in [1.54, 1.807) is 0 Å². The van der Waals surface area contributed by atoms with Gasteiger partial charge in [0.1, 0.15) is 30.5 Å². The second-order valence-corrected chi connectivity index (χ2v) is 53.1. The van der Waals surface area contributed by atoms with E-state index in [1.807, 2.05) is 0 Å². The van der Waals surface area contributed by atoms with Gasteiger partial charge in [-0.1, -0.05) is 109 Å². The highest BCUT2D eigenvalue weighted by atomic mass is 28.4. The van der Waals surface area contributed by atoms with Crippen LogP contribution in [0.1, 0.15) is 270 Å². The molecule has 0 aliphatic carbocycles. The molecule has 2 fully saturated rings. The molecule has 17 nitrogen and oxygen atoms in total. The van der Waals surface area contributed by atoms with E-state index in [0.717, 1.165) is 155 Å². The number of aldehydes is 1. The molecule has 0 bridgehead atoms. The predicted octanol–water partition coefficient (Wildman–Crippen LogP) is 15.7. The Kier molecular flexibility index (Phi) is 47.9. The van der Waals surface area contributed by atoms with Crippen molar-refractivity contribution in [1.29, 1.82) is 0 Å². The zero-order valence-electron chi connectivity index (χ0n) is 65.9. The minimum absolute atomic E-state index is 0.00682. The second-order valence-electron chi connectivity index (χ2n) is 33.8. The Morgan fingerprint density at radius 2 is 0.568 bits per heavy atom. The molecule has 2 rings (SSSR count). The number of piperazine rings is 2. The van der Waals surface area contributed by atoms with Crippen LogP contribution in [0.15, 0.2) is 0 Å². The molecule has 2 aliphatic heterocycles. The largest absolute Gasteiger partial charge is 0.417 e. The Morgan fingerprint density at radius 1 is 0.347 bits per heavy atom. The monoisotopic (exact) mass is 1410 g/mol. The number of nitrogens with zero attached hydrogens (tertiary/aromatic N) is 2. The first-order valence-electron chi connectivity index (χ1n) is 38.3. The highest BCUT2D eigenvalue weighted by Crippen LogP contribution is 2.39. The van der Waals surface area contributed by atoms with Gasteiger partial charge in [-0.2, -0.15) is 0 Å². The molecule has 2 aliphatic rings. The fraction of sp³-hybridized carbons (Fsp3) is 0.932. The molecule has 4 atom stereocenters. The SMILES string of the molecule is CC(C)(C)[Si](C)(C)OCCCCC=O.CCCCCCN(CCCCCO[Si](C)(C)C(C)(C)C)CCCCC1NC(=O)C(CCCCN(CCCCCO[Si](C)(C)C(C)(C)C)CCCCCO[Si](C)(C)C(C)(C)C)NC1=O.NCCCCC1NC(=O)C(CCCCN)NC1=O. The Morgan fingerprint density at radius 3 is 0.789 bits per heavy atom. The number of hydrogen-bond donors (Lipinski definition) is 6. The van der Waals surface area contributed by atoms with Crippen LogP contribution in [0.4, 0.5) is 0 Å². The van der Waals surface area contributed by atoms with E-state index in [1.165, 1.54) is 64.2 Å². The number of carbonyl (C=O) groups excluding carboxylic acids is 5. The molecule has 0 aromatic rings. The lowest BCUT2D eigenvalue weighted by Gasteiger charge is -2.36. The lowest BCUT2D eigenvalue weighted by molar-refractivity contribution is -0.137. The normalized spacial score (nSPS) is 17.8. The Hall–Kier alpha value is -1.90. The van der Waals surface area contributed by atoms with Gasteiger partial charge in [0.2, 0.25) is 23.6 Å². The lowest BCUT2D eigenvalue weighted by Crippen LogP contribution is -2.61. The first kappa shape index (κ1) is 93.1. The van der Waals surface area contributed by atoms with Crippen LogP contribution in [0, 0.1) is 0 Å². The van der Waals surface area contributed by atoms with Crippen molar-refractivity contribution in [2.75, 3.05) is 78.8 Å². The molecule has 95 heavy (non-hydrogen) atoms. The van der Waals surface area contributed by atoms with E-state index < -0.39 is 57.4 Å². The van der Waals surface area contributed by atoms with Gasteiger partial charge in [0.15, 0.2) is 33.3 Å². The summed E-state index contributed by atoms with van der Waals surface area (Å²) in [5, 5.41) is 12.8. The summed E-state index contributed by atoms with van der Waals surface area (Å²) in [6.45, 7) is 59.6. The number of unbranched alkanes of at least 4 members (excludes halogenated alkanes) is 15. The summed E-state index contributed by atoms with van der Waals surface area (Å²) in [7, 11) is -6.62. The summed E-state index contributed by atoms with van der Waals surface area (Å²) in [6.07, 6.45) is 29.4. The number of nitrogens with one attached hydrogen (secondary N) is 4. The van der Waals surface area contributed by atoms with Crippen LogP contribution >= 0.6 is 0 Å².